The molecule has 1 aliphatic rings. The van der Waals surface area contributed by atoms with Gasteiger partial charge in [-0.25, -0.2) is 8.42 Å². The lowest BCUT2D eigenvalue weighted by Crippen LogP contribution is -2.40. The summed E-state index contributed by atoms with van der Waals surface area (Å²) in [6, 6.07) is 8.24. The third-order valence-electron chi connectivity index (χ3n) is 4.71. The van der Waals surface area contributed by atoms with Crippen molar-refractivity contribution in [1.82, 2.24) is 4.31 Å². The van der Waals surface area contributed by atoms with E-state index in [-0.39, 0.29) is 42.6 Å². The lowest BCUT2D eigenvalue weighted by atomic mass is 10.1. The zero-order chi connectivity index (χ0) is 22.6. The van der Waals surface area contributed by atoms with Crippen molar-refractivity contribution < 1.29 is 27.9 Å². The predicted octanol–water partition coefficient (Wildman–Crippen LogP) is 2.17. The van der Waals surface area contributed by atoms with E-state index in [0.717, 1.165) is 6.07 Å². The molecule has 0 bridgehead atoms. The quantitative estimate of drug-likeness (QED) is 0.371. The minimum atomic E-state index is -3.88. The van der Waals surface area contributed by atoms with Crippen LogP contribution in [0.15, 0.2) is 46.4 Å². The molecule has 0 radical (unpaired) electrons. The van der Waals surface area contributed by atoms with E-state index in [2.05, 4.69) is 10.5 Å². The van der Waals surface area contributed by atoms with Crippen molar-refractivity contribution in [2.75, 3.05) is 38.8 Å². The maximum absolute atomic E-state index is 12.8. The number of benzene rings is 2. The van der Waals surface area contributed by atoms with E-state index in [0.29, 0.717) is 17.0 Å². The summed E-state index contributed by atoms with van der Waals surface area (Å²) < 4.78 is 37.0. The zero-order valence-electron chi connectivity index (χ0n) is 16.9. The van der Waals surface area contributed by atoms with Crippen molar-refractivity contribution >= 4 is 27.1 Å². The number of hydrogen-bond acceptors (Lipinski definition) is 9. The molecule has 166 valence electrons. The maximum atomic E-state index is 12.8. The number of nitrogens with one attached hydrogen (secondary N) is 1. The molecule has 1 saturated heterocycles. The molecule has 1 aliphatic heterocycles. The van der Waals surface area contributed by atoms with E-state index in [1.807, 2.05) is 0 Å². The lowest BCUT2D eigenvalue weighted by Gasteiger charge is -2.26. The molecule has 2 aromatic carbocycles. The van der Waals surface area contributed by atoms with Gasteiger partial charge >= 0.3 is 0 Å². The Morgan fingerprint density at radius 1 is 1.26 bits per heavy atom. The van der Waals surface area contributed by atoms with Crippen LogP contribution in [0.2, 0.25) is 0 Å². The van der Waals surface area contributed by atoms with Crippen LogP contribution in [0, 0.1) is 10.1 Å². The molecule has 1 fully saturated rings. The van der Waals surface area contributed by atoms with Gasteiger partial charge in [-0.1, -0.05) is 0 Å². The van der Waals surface area contributed by atoms with Crippen molar-refractivity contribution in [3.8, 4) is 11.5 Å². The number of anilines is 1. The summed E-state index contributed by atoms with van der Waals surface area (Å²) in [5.74, 6) is 0.401. The molecular formula is C19H22N4O7S. The van der Waals surface area contributed by atoms with Gasteiger partial charge in [-0.2, -0.15) is 9.41 Å². The van der Waals surface area contributed by atoms with Crippen LogP contribution in [0.3, 0.4) is 0 Å². The fourth-order valence-corrected chi connectivity index (χ4v) is 4.43. The number of hydrazone groups is 1. The van der Waals surface area contributed by atoms with Crippen LogP contribution in [0.4, 0.5) is 11.4 Å². The summed E-state index contributed by atoms with van der Waals surface area (Å²) in [5, 5.41) is 25.7. The molecule has 31 heavy (non-hydrogen) atoms. The van der Waals surface area contributed by atoms with Gasteiger partial charge in [0.15, 0.2) is 0 Å². The highest BCUT2D eigenvalue weighted by atomic mass is 32.2. The van der Waals surface area contributed by atoms with Gasteiger partial charge in [0, 0.05) is 30.8 Å². The number of nitrogens with zero attached hydrogens (tertiary/aromatic N) is 3. The van der Waals surface area contributed by atoms with Gasteiger partial charge in [-0.05, 0) is 31.2 Å². The number of hydrogen-bond donors (Lipinski definition) is 2. The van der Waals surface area contributed by atoms with Crippen LogP contribution in [0.5, 0.6) is 11.5 Å². The first-order valence-corrected chi connectivity index (χ1v) is 10.7. The van der Waals surface area contributed by atoms with Crippen LogP contribution in [0.1, 0.15) is 12.5 Å². The first-order valence-electron chi connectivity index (χ1n) is 9.28. The second-order valence-electron chi connectivity index (χ2n) is 6.64. The van der Waals surface area contributed by atoms with E-state index in [1.54, 1.807) is 19.1 Å². The minimum Gasteiger partial charge on any atom is -0.507 e. The smallest absolute Gasteiger partial charge is 0.295 e. The van der Waals surface area contributed by atoms with Crippen molar-refractivity contribution in [2.24, 2.45) is 5.10 Å². The first kappa shape index (κ1) is 22.5. The van der Waals surface area contributed by atoms with Crippen LogP contribution in [-0.2, 0) is 14.8 Å². The number of nitro benzene ring substituents is 1. The fourth-order valence-electron chi connectivity index (χ4n) is 3.00. The molecule has 0 spiro atoms. The first-order chi connectivity index (χ1) is 14.7. The number of aromatic hydroxyl groups is 1. The summed E-state index contributed by atoms with van der Waals surface area (Å²) >= 11 is 0. The molecule has 0 amide bonds. The minimum absolute atomic E-state index is 0.0123. The SMILES string of the molecule is COc1ccc(/C(C)=N\Nc2ccc(S(=O)(=O)N3CCOCC3)cc2[N+](=O)[O-])c(O)c1. The van der Waals surface area contributed by atoms with Crippen LogP contribution >= 0.6 is 0 Å². The number of phenols is 1. The molecule has 3 rings (SSSR count). The molecule has 12 heteroatoms. The number of methoxy groups -OCH3 is 1. The summed E-state index contributed by atoms with van der Waals surface area (Å²) in [5.41, 5.74) is 2.92. The largest absolute Gasteiger partial charge is 0.507 e. The van der Waals surface area contributed by atoms with Crippen LogP contribution in [0.25, 0.3) is 0 Å². The number of sulfonamides is 1. The number of rotatable bonds is 7. The Balaban J connectivity index is 1.88. The third kappa shape index (κ3) is 4.93. The average Bonchev–Trinajstić information content (AvgIpc) is 2.77. The van der Waals surface area contributed by atoms with Crippen molar-refractivity contribution in [1.29, 1.82) is 0 Å². The molecular weight excluding hydrogens is 428 g/mol. The molecule has 11 nitrogen and oxygen atoms in total. The molecule has 0 atom stereocenters. The third-order valence-corrected chi connectivity index (χ3v) is 6.61. The zero-order valence-corrected chi connectivity index (χ0v) is 17.8. The Labute approximate surface area is 179 Å². The molecule has 1 heterocycles. The Morgan fingerprint density at radius 2 is 1.97 bits per heavy atom. The average molecular weight is 450 g/mol. The molecule has 2 N–H and O–H groups in total. The van der Waals surface area contributed by atoms with E-state index in [4.69, 9.17) is 9.47 Å². The van der Waals surface area contributed by atoms with E-state index in [9.17, 15) is 23.6 Å². The monoisotopic (exact) mass is 450 g/mol. The van der Waals surface area contributed by atoms with Crippen LogP contribution in [-0.4, -0.2) is 61.9 Å². The number of nitro groups is 1. The second kappa shape index (κ2) is 9.29. The highest BCUT2D eigenvalue weighted by Gasteiger charge is 2.28. The molecule has 2 aromatic rings. The molecule has 0 saturated carbocycles. The van der Waals surface area contributed by atoms with Crippen molar-refractivity contribution in [3.63, 3.8) is 0 Å². The summed E-state index contributed by atoms with van der Waals surface area (Å²) in [7, 11) is -2.41. The van der Waals surface area contributed by atoms with Gasteiger partial charge < -0.3 is 14.6 Å². The standard InChI is InChI=1S/C19H22N4O7S/c1-13(16-5-3-14(29-2)11-19(16)24)20-21-17-6-4-15(12-18(17)23(25)26)31(27,28)22-7-9-30-10-8-22/h3-6,11-12,21,24H,7-10H2,1-2H3/b20-13-. The van der Waals surface area contributed by atoms with Crippen LogP contribution < -0.4 is 10.2 Å². The number of ether oxygens (including phenoxy) is 2. The van der Waals surface area contributed by atoms with Gasteiger partial charge in [-0.3, -0.25) is 15.5 Å². The van der Waals surface area contributed by atoms with Gasteiger partial charge in [0.05, 0.1) is 35.9 Å². The highest BCUT2D eigenvalue weighted by molar-refractivity contribution is 7.89. The number of phenolic OH excluding ortho intramolecular Hbond substituents is 1. The second-order valence-corrected chi connectivity index (χ2v) is 8.58. The van der Waals surface area contributed by atoms with E-state index >= 15 is 0 Å². The fraction of sp³-hybridized carbons (Fsp3) is 0.316. The highest BCUT2D eigenvalue weighted by Crippen LogP contribution is 2.30. The lowest BCUT2D eigenvalue weighted by molar-refractivity contribution is -0.384. The summed E-state index contributed by atoms with van der Waals surface area (Å²) in [6.07, 6.45) is 0. The Bertz CT molecular complexity index is 1110. The summed E-state index contributed by atoms with van der Waals surface area (Å²) in [4.78, 5) is 10.7. The normalized spacial score (nSPS) is 15.5. The summed E-state index contributed by atoms with van der Waals surface area (Å²) in [6.45, 7) is 2.52. The predicted molar refractivity (Wildman–Crippen MR) is 113 cm³/mol. The number of morpholine rings is 1. The Morgan fingerprint density at radius 3 is 2.58 bits per heavy atom. The van der Waals surface area contributed by atoms with Crippen molar-refractivity contribution in [3.05, 3.63) is 52.1 Å². The Kier molecular flexibility index (Phi) is 6.73. The molecule has 0 unspecified atom stereocenters. The van der Waals surface area contributed by atoms with Gasteiger partial charge in [-0.15, -0.1) is 0 Å². The van der Waals surface area contributed by atoms with Crippen molar-refractivity contribution in [2.45, 2.75) is 11.8 Å². The van der Waals surface area contributed by atoms with E-state index < -0.39 is 20.6 Å². The topological polar surface area (TPSA) is 144 Å². The molecule has 0 aliphatic carbocycles. The van der Waals surface area contributed by atoms with E-state index in [1.165, 1.54) is 29.6 Å². The van der Waals surface area contributed by atoms with Gasteiger partial charge in [0.1, 0.15) is 17.2 Å². The Hall–Kier alpha value is -3.22. The maximum Gasteiger partial charge on any atom is 0.295 e. The molecule has 0 aromatic heterocycles. The van der Waals surface area contributed by atoms with Gasteiger partial charge in [0.25, 0.3) is 5.69 Å². The van der Waals surface area contributed by atoms with Gasteiger partial charge in [0.2, 0.25) is 10.0 Å².